The molecule has 0 fully saturated rings. The highest BCUT2D eigenvalue weighted by molar-refractivity contribution is 8.00. The van der Waals surface area contributed by atoms with E-state index in [0.717, 1.165) is 15.2 Å². The van der Waals surface area contributed by atoms with Crippen LogP contribution in [0.15, 0.2) is 22.8 Å². The first-order valence-electron chi connectivity index (χ1n) is 4.08. The molecule has 2 heterocycles. The third kappa shape index (κ3) is 1.93. The van der Waals surface area contributed by atoms with Gasteiger partial charge in [0, 0.05) is 5.39 Å². The van der Waals surface area contributed by atoms with Crippen molar-refractivity contribution >= 4 is 39.1 Å². The maximum absolute atomic E-state index is 10.8. The molecule has 0 aliphatic rings. The molecule has 0 aliphatic heterocycles. The van der Waals surface area contributed by atoms with E-state index in [1.165, 1.54) is 11.8 Å². The van der Waals surface area contributed by atoms with Crippen LogP contribution in [0, 0.1) is 0 Å². The van der Waals surface area contributed by atoms with E-state index in [2.05, 4.69) is 9.97 Å². The number of fused-ring (bicyclic) bond motifs is 1. The van der Waals surface area contributed by atoms with Gasteiger partial charge in [0.15, 0.2) is 0 Å². The lowest BCUT2D eigenvalue weighted by atomic mass is 10.4. The van der Waals surface area contributed by atoms with Crippen molar-refractivity contribution < 1.29 is 4.79 Å². The molecular formula is C9H8N2OS2. The van der Waals surface area contributed by atoms with Gasteiger partial charge in [0.25, 0.3) is 0 Å². The van der Waals surface area contributed by atoms with Crippen molar-refractivity contribution in [2.75, 3.05) is 5.75 Å². The Morgan fingerprint density at radius 1 is 1.57 bits per heavy atom. The second-order valence-electron chi connectivity index (χ2n) is 2.81. The first kappa shape index (κ1) is 9.61. The van der Waals surface area contributed by atoms with Crippen LogP contribution in [0.3, 0.4) is 0 Å². The number of hydrogen-bond acceptors (Lipinski definition) is 5. The number of aromatic nitrogens is 2. The van der Waals surface area contributed by atoms with E-state index in [9.17, 15) is 4.79 Å². The van der Waals surface area contributed by atoms with E-state index < -0.39 is 0 Å². The Kier molecular flexibility index (Phi) is 2.79. The quantitative estimate of drug-likeness (QED) is 0.593. The van der Waals surface area contributed by atoms with Gasteiger partial charge in [-0.25, -0.2) is 9.97 Å². The molecule has 0 aromatic carbocycles. The van der Waals surface area contributed by atoms with Gasteiger partial charge in [-0.15, -0.1) is 11.3 Å². The maximum atomic E-state index is 10.8. The summed E-state index contributed by atoms with van der Waals surface area (Å²) in [4.78, 5) is 20.1. The maximum Gasteiger partial charge on any atom is 0.140 e. The van der Waals surface area contributed by atoms with Crippen molar-refractivity contribution in [1.29, 1.82) is 0 Å². The van der Waals surface area contributed by atoms with E-state index in [1.807, 2.05) is 11.4 Å². The van der Waals surface area contributed by atoms with Crippen LogP contribution in [0.5, 0.6) is 0 Å². The summed E-state index contributed by atoms with van der Waals surface area (Å²) in [7, 11) is 0. The minimum atomic E-state index is 0.164. The van der Waals surface area contributed by atoms with E-state index in [0.29, 0.717) is 5.75 Å². The van der Waals surface area contributed by atoms with Gasteiger partial charge in [-0.05, 0) is 18.4 Å². The van der Waals surface area contributed by atoms with Crippen molar-refractivity contribution in [2.24, 2.45) is 0 Å². The number of ketones is 1. The Hall–Kier alpha value is -0.940. The number of thiophene rings is 1. The van der Waals surface area contributed by atoms with Crippen molar-refractivity contribution in [2.45, 2.75) is 11.9 Å². The molecule has 72 valence electrons. The van der Waals surface area contributed by atoms with Gasteiger partial charge >= 0.3 is 0 Å². The monoisotopic (exact) mass is 224 g/mol. The topological polar surface area (TPSA) is 42.9 Å². The summed E-state index contributed by atoms with van der Waals surface area (Å²) in [5.41, 5.74) is 0. The normalized spacial score (nSPS) is 10.6. The number of carbonyl (C=O) groups excluding carboxylic acids is 1. The zero-order valence-electron chi connectivity index (χ0n) is 7.56. The Labute approximate surface area is 89.6 Å². The third-order valence-electron chi connectivity index (χ3n) is 1.64. The van der Waals surface area contributed by atoms with Gasteiger partial charge in [0.2, 0.25) is 0 Å². The molecule has 0 bridgehead atoms. The molecule has 3 nitrogen and oxygen atoms in total. The number of nitrogens with zero attached hydrogens (tertiary/aromatic N) is 2. The number of rotatable bonds is 3. The van der Waals surface area contributed by atoms with Crippen LogP contribution in [-0.4, -0.2) is 21.5 Å². The molecule has 0 radical (unpaired) electrons. The molecule has 0 aliphatic carbocycles. The number of carbonyl (C=O) groups is 1. The second-order valence-corrected chi connectivity index (χ2v) is 4.67. The van der Waals surface area contributed by atoms with E-state index >= 15 is 0 Å². The molecule has 0 saturated carbocycles. The SMILES string of the molecule is CC(=O)CSc1ncnc2sccc12. The fourth-order valence-electron chi connectivity index (χ4n) is 1.05. The largest absolute Gasteiger partial charge is 0.299 e. The summed E-state index contributed by atoms with van der Waals surface area (Å²) >= 11 is 3.06. The highest BCUT2D eigenvalue weighted by atomic mass is 32.2. The average molecular weight is 224 g/mol. The highest BCUT2D eigenvalue weighted by Crippen LogP contribution is 2.27. The van der Waals surface area contributed by atoms with Gasteiger partial charge in [-0.3, -0.25) is 4.79 Å². The van der Waals surface area contributed by atoms with Crippen LogP contribution in [0.1, 0.15) is 6.92 Å². The molecule has 2 aromatic heterocycles. The molecule has 0 spiro atoms. The predicted octanol–water partition coefficient (Wildman–Crippen LogP) is 2.37. The van der Waals surface area contributed by atoms with Crippen molar-refractivity contribution in [3.8, 4) is 0 Å². The molecule has 5 heteroatoms. The summed E-state index contributed by atoms with van der Waals surface area (Å²) in [5.74, 6) is 0.638. The standard InChI is InChI=1S/C9H8N2OS2/c1-6(12)4-14-9-7-2-3-13-8(7)10-5-11-9/h2-3,5H,4H2,1H3. The molecular weight excluding hydrogens is 216 g/mol. The third-order valence-corrected chi connectivity index (χ3v) is 3.61. The Balaban J connectivity index is 2.32. The smallest absolute Gasteiger partial charge is 0.140 e. The minimum Gasteiger partial charge on any atom is -0.299 e. The molecule has 0 unspecified atom stereocenters. The molecule has 0 atom stereocenters. The number of Topliss-reactive ketones (excluding diaryl/α,β-unsaturated/α-hetero) is 1. The van der Waals surface area contributed by atoms with Crippen molar-refractivity contribution in [1.82, 2.24) is 9.97 Å². The molecule has 0 N–H and O–H groups in total. The summed E-state index contributed by atoms with van der Waals surface area (Å²) in [6.07, 6.45) is 1.54. The summed E-state index contributed by atoms with van der Waals surface area (Å²) in [6, 6.07) is 1.99. The van der Waals surface area contributed by atoms with Crippen molar-refractivity contribution in [3.63, 3.8) is 0 Å². The lowest BCUT2D eigenvalue weighted by Crippen LogP contribution is -1.94. The van der Waals surface area contributed by atoms with Gasteiger partial charge < -0.3 is 0 Å². The minimum absolute atomic E-state index is 0.164. The number of hydrogen-bond donors (Lipinski definition) is 0. The fourth-order valence-corrected chi connectivity index (χ4v) is 2.63. The average Bonchev–Trinajstić information content (AvgIpc) is 2.62. The van der Waals surface area contributed by atoms with Crippen LogP contribution < -0.4 is 0 Å². The zero-order valence-corrected chi connectivity index (χ0v) is 9.19. The van der Waals surface area contributed by atoms with Gasteiger partial charge in [-0.2, -0.15) is 0 Å². The van der Waals surface area contributed by atoms with Gasteiger partial charge in [0.05, 0.1) is 5.75 Å². The lowest BCUT2D eigenvalue weighted by molar-refractivity contribution is -0.114. The van der Waals surface area contributed by atoms with Gasteiger partial charge in [0.1, 0.15) is 22.0 Å². The molecule has 0 amide bonds. The highest BCUT2D eigenvalue weighted by Gasteiger charge is 2.05. The molecule has 14 heavy (non-hydrogen) atoms. The summed E-state index contributed by atoms with van der Waals surface area (Å²) in [5, 5.41) is 3.92. The predicted molar refractivity (Wildman–Crippen MR) is 58.8 cm³/mol. The van der Waals surface area contributed by atoms with Gasteiger partial charge in [-0.1, -0.05) is 11.8 Å². The van der Waals surface area contributed by atoms with E-state index in [1.54, 1.807) is 24.6 Å². The van der Waals surface area contributed by atoms with Crippen LogP contribution in [0.25, 0.3) is 10.2 Å². The Bertz CT molecular complexity index is 467. The first-order valence-corrected chi connectivity index (χ1v) is 5.94. The van der Waals surface area contributed by atoms with Crippen LogP contribution in [-0.2, 0) is 4.79 Å². The lowest BCUT2D eigenvalue weighted by Gasteiger charge is -1.98. The van der Waals surface area contributed by atoms with E-state index in [-0.39, 0.29) is 5.78 Å². The molecule has 2 aromatic rings. The van der Waals surface area contributed by atoms with Crippen LogP contribution in [0.2, 0.25) is 0 Å². The summed E-state index contributed by atoms with van der Waals surface area (Å²) in [6.45, 7) is 1.58. The Morgan fingerprint density at radius 2 is 2.43 bits per heavy atom. The summed E-state index contributed by atoms with van der Waals surface area (Å²) < 4.78 is 0. The fraction of sp³-hybridized carbons (Fsp3) is 0.222. The number of thioether (sulfide) groups is 1. The van der Waals surface area contributed by atoms with E-state index in [4.69, 9.17) is 0 Å². The zero-order chi connectivity index (χ0) is 9.97. The van der Waals surface area contributed by atoms with Crippen LogP contribution in [0.4, 0.5) is 0 Å². The molecule has 2 rings (SSSR count). The first-order chi connectivity index (χ1) is 6.77. The molecule has 0 saturated heterocycles. The second kappa shape index (κ2) is 4.06. The van der Waals surface area contributed by atoms with Crippen molar-refractivity contribution in [3.05, 3.63) is 17.8 Å². The Morgan fingerprint density at radius 3 is 3.21 bits per heavy atom. The van der Waals surface area contributed by atoms with Crippen LogP contribution >= 0.6 is 23.1 Å².